The van der Waals surface area contributed by atoms with Crippen LogP contribution in [0.5, 0.6) is 0 Å². The first-order valence-electron chi connectivity index (χ1n) is 12.1. The van der Waals surface area contributed by atoms with Crippen molar-refractivity contribution in [1.29, 1.82) is 0 Å². The molecule has 3 aromatic rings. The largest absolute Gasteiger partial charge is 0.365 e. The molecule has 1 atom stereocenters. The first-order chi connectivity index (χ1) is 16.6. The lowest BCUT2D eigenvalue weighted by molar-refractivity contribution is -0.133. The van der Waals surface area contributed by atoms with E-state index in [0.29, 0.717) is 6.54 Å². The Labute approximate surface area is 202 Å². The second-order valence-electron chi connectivity index (χ2n) is 9.23. The molecule has 0 saturated carbocycles. The minimum Gasteiger partial charge on any atom is -0.365 e. The lowest BCUT2D eigenvalue weighted by atomic mass is 9.77. The van der Waals surface area contributed by atoms with Crippen LogP contribution >= 0.6 is 0 Å². The maximum atomic E-state index is 13.6. The van der Waals surface area contributed by atoms with E-state index in [1.54, 1.807) is 0 Å². The molecule has 1 aliphatic heterocycles. The van der Waals surface area contributed by atoms with Gasteiger partial charge in [-0.05, 0) is 65.8 Å². The molecule has 0 spiro atoms. The zero-order valence-corrected chi connectivity index (χ0v) is 19.9. The topological polar surface area (TPSA) is 35.9 Å². The second kappa shape index (κ2) is 9.68. The number of rotatable bonds is 5. The van der Waals surface area contributed by atoms with Crippen molar-refractivity contribution in [2.75, 3.05) is 24.5 Å². The third kappa shape index (κ3) is 4.41. The zero-order valence-electron chi connectivity index (χ0n) is 19.9. The number of amides is 1. The molecule has 4 nitrogen and oxygen atoms in total. The highest BCUT2D eigenvalue weighted by atomic mass is 16.2. The molecule has 3 aromatic carbocycles. The molecule has 1 aliphatic carbocycles. The molecular weight excluding hydrogens is 418 g/mol. The van der Waals surface area contributed by atoms with Crippen LogP contribution in [0.2, 0.25) is 0 Å². The molecule has 34 heavy (non-hydrogen) atoms. The molecule has 1 unspecified atom stereocenters. The van der Waals surface area contributed by atoms with Gasteiger partial charge < -0.3 is 9.80 Å². The summed E-state index contributed by atoms with van der Waals surface area (Å²) in [5.74, 6) is 0.239. The Bertz CT molecular complexity index is 1240. The summed E-state index contributed by atoms with van der Waals surface area (Å²) in [4.78, 5) is 22.4. The Morgan fingerprint density at radius 2 is 1.76 bits per heavy atom. The van der Waals surface area contributed by atoms with Crippen LogP contribution in [-0.4, -0.2) is 36.7 Å². The van der Waals surface area contributed by atoms with Crippen molar-refractivity contribution in [1.82, 2.24) is 4.90 Å². The predicted octanol–water partition coefficient (Wildman–Crippen LogP) is 5.84. The van der Waals surface area contributed by atoms with Crippen LogP contribution in [0, 0.1) is 0 Å². The summed E-state index contributed by atoms with van der Waals surface area (Å²) in [6, 6.07) is 25.5. The summed E-state index contributed by atoms with van der Waals surface area (Å²) >= 11 is 0. The third-order valence-electron chi connectivity index (χ3n) is 6.88. The summed E-state index contributed by atoms with van der Waals surface area (Å²) in [7, 11) is 0. The molecule has 0 N–H and O–H groups in total. The average Bonchev–Trinajstić information content (AvgIpc) is 3.03. The molecule has 172 valence electrons. The van der Waals surface area contributed by atoms with Crippen LogP contribution in [0.25, 0.3) is 11.1 Å². The highest BCUT2D eigenvalue weighted by Crippen LogP contribution is 2.38. The van der Waals surface area contributed by atoms with Gasteiger partial charge in [-0.15, -0.1) is 0 Å². The molecule has 1 heterocycles. The van der Waals surface area contributed by atoms with Crippen LogP contribution in [0.15, 0.2) is 89.6 Å². The molecule has 4 heteroatoms. The van der Waals surface area contributed by atoms with Gasteiger partial charge in [-0.3, -0.25) is 9.79 Å². The van der Waals surface area contributed by atoms with E-state index in [2.05, 4.69) is 82.4 Å². The fourth-order valence-electron chi connectivity index (χ4n) is 5.07. The van der Waals surface area contributed by atoms with Gasteiger partial charge in [-0.2, -0.15) is 0 Å². The highest BCUT2D eigenvalue weighted by molar-refractivity contribution is 5.87. The van der Waals surface area contributed by atoms with Gasteiger partial charge in [0.25, 0.3) is 0 Å². The maximum absolute atomic E-state index is 13.6. The normalized spacial score (nSPS) is 17.7. The number of carbonyl (C=O) groups is 1. The predicted molar refractivity (Wildman–Crippen MR) is 140 cm³/mol. The first kappa shape index (κ1) is 22.1. The number of nitrogens with zero attached hydrogens (tertiary/aromatic N) is 3. The Hall–Kier alpha value is -3.66. The van der Waals surface area contributed by atoms with Gasteiger partial charge in [0.1, 0.15) is 0 Å². The van der Waals surface area contributed by atoms with Crippen molar-refractivity contribution in [2.45, 2.75) is 32.7 Å². The van der Waals surface area contributed by atoms with Gasteiger partial charge in [0.2, 0.25) is 5.91 Å². The van der Waals surface area contributed by atoms with E-state index in [1.807, 2.05) is 31.5 Å². The number of hydrogen-bond donors (Lipinski definition) is 0. The van der Waals surface area contributed by atoms with Gasteiger partial charge >= 0.3 is 0 Å². The fraction of sp³-hybridized carbons (Fsp3) is 0.267. The lowest BCUT2D eigenvalue weighted by Gasteiger charge is -2.33. The Morgan fingerprint density at radius 3 is 2.56 bits per heavy atom. The standard InChI is InChI=1S/C30H31N3O/c1-3-31-19-22(2)20-32-15-16-33(30(34)28-18-25-11-7-8-12-27(25)28)21-26-17-24(13-14-29(26)32)23-9-5-4-6-10-23/h3-14,17,19,28H,15-16,18,20-21H2,1-2H3/b22-19+,31-3?. The van der Waals surface area contributed by atoms with Crippen LogP contribution < -0.4 is 4.90 Å². The van der Waals surface area contributed by atoms with Crippen molar-refractivity contribution in [3.05, 3.63) is 101 Å². The average molecular weight is 450 g/mol. The number of benzene rings is 3. The zero-order chi connectivity index (χ0) is 23.5. The third-order valence-corrected chi connectivity index (χ3v) is 6.88. The van der Waals surface area contributed by atoms with E-state index in [9.17, 15) is 4.79 Å². The van der Waals surface area contributed by atoms with Crippen LogP contribution in [0.3, 0.4) is 0 Å². The molecule has 0 fully saturated rings. The van der Waals surface area contributed by atoms with Crippen LogP contribution in [0.4, 0.5) is 5.69 Å². The molecule has 0 aromatic heterocycles. The Kier molecular flexibility index (Phi) is 6.31. The maximum Gasteiger partial charge on any atom is 0.230 e. The van der Waals surface area contributed by atoms with E-state index < -0.39 is 0 Å². The highest BCUT2D eigenvalue weighted by Gasteiger charge is 2.35. The van der Waals surface area contributed by atoms with E-state index in [4.69, 9.17) is 0 Å². The fourth-order valence-corrected chi connectivity index (χ4v) is 5.07. The molecule has 0 radical (unpaired) electrons. The van der Waals surface area contributed by atoms with Crippen molar-refractivity contribution >= 4 is 17.8 Å². The van der Waals surface area contributed by atoms with Gasteiger partial charge in [0.15, 0.2) is 0 Å². The quantitative estimate of drug-likeness (QED) is 0.459. The van der Waals surface area contributed by atoms with Crippen molar-refractivity contribution < 1.29 is 4.79 Å². The van der Waals surface area contributed by atoms with Gasteiger partial charge in [-0.25, -0.2) is 0 Å². The minimum absolute atomic E-state index is 0.0102. The van der Waals surface area contributed by atoms with E-state index in [-0.39, 0.29) is 11.8 Å². The van der Waals surface area contributed by atoms with Crippen molar-refractivity contribution in [3.8, 4) is 11.1 Å². The summed E-state index contributed by atoms with van der Waals surface area (Å²) in [6.07, 6.45) is 4.59. The van der Waals surface area contributed by atoms with Gasteiger partial charge in [0.05, 0.1) is 5.92 Å². The minimum atomic E-state index is -0.0102. The molecule has 0 saturated heterocycles. The number of carbonyl (C=O) groups excluding carboxylic acids is 1. The van der Waals surface area contributed by atoms with E-state index >= 15 is 0 Å². The van der Waals surface area contributed by atoms with Crippen molar-refractivity contribution in [2.24, 2.45) is 4.99 Å². The monoisotopic (exact) mass is 449 g/mol. The number of hydrogen-bond acceptors (Lipinski definition) is 3. The van der Waals surface area contributed by atoms with Crippen LogP contribution in [0.1, 0.15) is 36.5 Å². The van der Waals surface area contributed by atoms with E-state index in [0.717, 1.165) is 26.1 Å². The van der Waals surface area contributed by atoms with Gasteiger partial charge in [0, 0.05) is 44.3 Å². The summed E-state index contributed by atoms with van der Waals surface area (Å²) in [5.41, 5.74) is 8.49. The molecular formula is C30H31N3O. The summed E-state index contributed by atoms with van der Waals surface area (Å²) in [6.45, 7) is 7.00. The Morgan fingerprint density at radius 1 is 0.971 bits per heavy atom. The van der Waals surface area contributed by atoms with Crippen molar-refractivity contribution in [3.63, 3.8) is 0 Å². The lowest BCUT2D eigenvalue weighted by Crippen LogP contribution is -2.41. The summed E-state index contributed by atoms with van der Waals surface area (Å²) in [5, 5.41) is 0. The first-order valence-corrected chi connectivity index (χ1v) is 12.1. The molecule has 0 bridgehead atoms. The summed E-state index contributed by atoms with van der Waals surface area (Å²) < 4.78 is 0. The number of aliphatic imine (C=N–C) groups is 1. The molecule has 5 rings (SSSR count). The number of fused-ring (bicyclic) bond motifs is 2. The Balaban J connectivity index is 1.46. The van der Waals surface area contributed by atoms with E-state index in [1.165, 1.54) is 39.1 Å². The SMILES string of the molecule is CC=N/C=C(\C)CN1CCN(C(=O)C2Cc3ccccc32)Cc2cc(-c3ccccc3)ccc21. The second-order valence-corrected chi connectivity index (χ2v) is 9.23. The number of anilines is 1. The van der Waals surface area contributed by atoms with Gasteiger partial charge in [-0.1, -0.05) is 60.7 Å². The smallest absolute Gasteiger partial charge is 0.230 e. The molecule has 1 amide bonds. The molecule has 2 aliphatic rings. The van der Waals surface area contributed by atoms with Crippen LogP contribution in [-0.2, 0) is 17.8 Å².